The van der Waals surface area contributed by atoms with Crippen LogP contribution in [-0.2, 0) is 4.74 Å². The summed E-state index contributed by atoms with van der Waals surface area (Å²) in [6.07, 6.45) is -5.33. The van der Waals surface area contributed by atoms with Crippen molar-refractivity contribution >= 4 is 6.09 Å². The minimum Gasteiger partial charge on any atom is -0.465 e. The normalized spacial score (nSPS) is 34.4. The molecule has 8 heteroatoms. The predicted molar refractivity (Wildman–Crippen MR) is 50.5 cm³/mol. The number of rotatable bonds is 1. The molecule has 0 saturated carbocycles. The summed E-state index contributed by atoms with van der Waals surface area (Å²) < 4.78 is 43.5. The quantitative estimate of drug-likeness (QED) is 0.685. The summed E-state index contributed by atoms with van der Waals surface area (Å²) >= 11 is 0. The highest BCUT2D eigenvalue weighted by atomic mass is 19.4. The van der Waals surface area contributed by atoms with Crippen LogP contribution in [0.25, 0.3) is 0 Å². The third-order valence-corrected chi connectivity index (χ3v) is 3.14. The zero-order valence-electron chi connectivity index (χ0n) is 8.91. The molecule has 2 heterocycles. The predicted octanol–water partition coefficient (Wildman–Crippen LogP) is 1.01. The maximum absolute atomic E-state index is 12.8. The minimum absolute atomic E-state index is 0.00614. The van der Waals surface area contributed by atoms with Gasteiger partial charge in [-0.3, -0.25) is 0 Å². The van der Waals surface area contributed by atoms with Gasteiger partial charge in [-0.15, -0.1) is 0 Å². The van der Waals surface area contributed by atoms with Gasteiger partial charge in [0.15, 0.2) is 0 Å². The van der Waals surface area contributed by atoms with Crippen LogP contribution in [-0.4, -0.2) is 53.7 Å². The number of nitrogens with one attached hydrogen (secondary N) is 1. The average molecular weight is 254 g/mol. The molecule has 17 heavy (non-hydrogen) atoms. The van der Waals surface area contributed by atoms with E-state index in [9.17, 15) is 18.0 Å². The molecule has 0 radical (unpaired) electrons. The largest absolute Gasteiger partial charge is 0.465 e. The monoisotopic (exact) mass is 254 g/mol. The van der Waals surface area contributed by atoms with Crippen LogP contribution in [0.5, 0.6) is 0 Å². The minimum atomic E-state index is -4.38. The van der Waals surface area contributed by atoms with Crippen LogP contribution in [0, 0.1) is 0 Å². The fourth-order valence-electron chi connectivity index (χ4n) is 2.62. The number of nitrogens with zero attached hydrogens (tertiary/aromatic N) is 1. The smallest absolute Gasteiger partial charge is 0.460 e. The zero-order chi connectivity index (χ0) is 12.6. The lowest BCUT2D eigenvalue weighted by molar-refractivity contribution is -0.301. The van der Waals surface area contributed by atoms with Crippen LogP contribution in [0.1, 0.15) is 12.8 Å². The standard InChI is InChI=1S/C9H13F3N2O3/c10-9(11,12)14-6-1-5(13-8(15)16)2-7(14)4-17-3-6/h5-7,13H,1-4H2,(H,15,16)/t5-,6-,7+. The zero-order valence-corrected chi connectivity index (χ0v) is 8.91. The van der Waals surface area contributed by atoms with Crippen molar-refractivity contribution in [3.8, 4) is 0 Å². The van der Waals surface area contributed by atoms with E-state index in [2.05, 4.69) is 5.32 Å². The van der Waals surface area contributed by atoms with E-state index in [4.69, 9.17) is 9.84 Å². The summed E-state index contributed by atoms with van der Waals surface area (Å²) in [5.41, 5.74) is 0. The molecule has 2 fully saturated rings. The van der Waals surface area contributed by atoms with Crippen LogP contribution in [0.3, 0.4) is 0 Å². The Labute approximate surface area is 95.5 Å². The topological polar surface area (TPSA) is 61.8 Å². The van der Waals surface area contributed by atoms with E-state index in [0.717, 1.165) is 0 Å². The number of amides is 1. The first kappa shape index (κ1) is 12.4. The number of piperidine rings is 1. The van der Waals surface area contributed by atoms with Crippen molar-refractivity contribution in [2.45, 2.75) is 37.3 Å². The highest BCUT2D eigenvalue weighted by Crippen LogP contribution is 2.36. The first-order chi connectivity index (χ1) is 7.88. The third-order valence-electron chi connectivity index (χ3n) is 3.14. The molecule has 2 saturated heterocycles. The highest BCUT2D eigenvalue weighted by molar-refractivity contribution is 5.64. The summed E-state index contributed by atoms with van der Waals surface area (Å²) in [6, 6.07) is -2.01. The summed E-state index contributed by atoms with van der Waals surface area (Å²) in [5, 5.41) is 10.8. The number of hydrogen-bond acceptors (Lipinski definition) is 3. The number of halogens is 3. The van der Waals surface area contributed by atoms with Gasteiger partial charge in [0, 0.05) is 18.1 Å². The van der Waals surface area contributed by atoms with Gasteiger partial charge in [0.25, 0.3) is 0 Å². The van der Waals surface area contributed by atoms with Crippen LogP contribution in [0.2, 0.25) is 0 Å². The van der Waals surface area contributed by atoms with Gasteiger partial charge in [-0.25, -0.2) is 9.69 Å². The molecule has 2 aliphatic heterocycles. The molecule has 2 aliphatic rings. The van der Waals surface area contributed by atoms with E-state index in [-0.39, 0.29) is 26.1 Å². The lowest BCUT2D eigenvalue weighted by atomic mass is 9.90. The molecular weight excluding hydrogens is 241 g/mol. The van der Waals surface area contributed by atoms with Crippen LogP contribution < -0.4 is 5.32 Å². The number of fused-ring (bicyclic) bond motifs is 2. The number of carbonyl (C=O) groups is 1. The lowest BCUT2D eigenvalue weighted by Crippen LogP contribution is -2.64. The first-order valence-corrected chi connectivity index (χ1v) is 5.30. The first-order valence-electron chi connectivity index (χ1n) is 5.30. The van der Waals surface area contributed by atoms with Gasteiger partial charge < -0.3 is 15.2 Å². The molecular formula is C9H13F3N2O3. The Morgan fingerprint density at radius 1 is 1.29 bits per heavy atom. The summed E-state index contributed by atoms with van der Waals surface area (Å²) in [6.45, 7) is -0.0123. The molecule has 0 spiro atoms. The van der Waals surface area contributed by atoms with E-state index in [0.29, 0.717) is 4.90 Å². The fraction of sp³-hybridized carbons (Fsp3) is 0.889. The van der Waals surface area contributed by atoms with Gasteiger partial charge in [-0.05, 0) is 12.8 Å². The van der Waals surface area contributed by atoms with E-state index in [1.165, 1.54) is 0 Å². The molecule has 0 unspecified atom stereocenters. The van der Waals surface area contributed by atoms with E-state index in [1.807, 2.05) is 0 Å². The lowest BCUT2D eigenvalue weighted by Gasteiger charge is -2.48. The molecule has 0 aromatic heterocycles. The van der Waals surface area contributed by atoms with Crippen LogP contribution in [0.4, 0.5) is 18.0 Å². The van der Waals surface area contributed by atoms with Crippen molar-refractivity contribution in [2.75, 3.05) is 13.2 Å². The second kappa shape index (κ2) is 4.34. The van der Waals surface area contributed by atoms with Gasteiger partial charge in [0.2, 0.25) is 0 Å². The van der Waals surface area contributed by atoms with Crippen molar-refractivity contribution in [1.29, 1.82) is 0 Å². The fourth-order valence-corrected chi connectivity index (χ4v) is 2.62. The number of hydrogen-bond donors (Lipinski definition) is 2. The second-order valence-electron chi connectivity index (χ2n) is 4.34. The Balaban J connectivity index is 2.08. The number of alkyl halides is 3. The van der Waals surface area contributed by atoms with Gasteiger partial charge in [-0.2, -0.15) is 13.2 Å². The van der Waals surface area contributed by atoms with E-state index < -0.39 is 30.5 Å². The van der Waals surface area contributed by atoms with Crippen molar-refractivity contribution < 1.29 is 27.8 Å². The van der Waals surface area contributed by atoms with Crippen molar-refractivity contribution in [3.63, 3.8) is 0 Å². The molecule has 3 atom stereocenters. The molecule has 2 N–H and O–H groups in total. The van der Waals surface area contributed by atoms with Crippen LogP contribution in [0.15, 0.2) is 0 Å². The Morgan fingerprint density at radius 3 is 2.24 bits per heavy atom. The van der Waals surface area contributed by atoms with E-state index in [1.54, 1.807) is 0 Å². The van der Waals surface area contributed by atoms with Gasteiger partial charge in [0.1, 0.15) is 0 Å². The van der Waals surface area contributed by atoms with Crippen molar-refractivity contribution in [1.82, 2.24) is 10.2 Å². The Kier molecular flexibility index (Phi) is 3.17. The SMILES string of the molecule is O=C(O)N[C@H]1C[C@H]2COC[C@@H](C1)N2C(F)(F)F. The average Bonchev–Trinajstić information content (AvgIpc) is 2.13. The Morgan fingerprint density at radius 2 is 1.82 bits per heavy atom. The van der Waals surface area contributed by atoms with Crippen LogP contribution >= 0.6 is 0 Å². The van der Waals surface area contributed by atoms with Gasteiger partial charge in [-0.1, -0.05) is 0 Å². The van der Waals surface area contributed by atoms with E-state index >= 15 is 0 Å². The van der Waals surface area contributed by atoms with Crippen molar-refractivity contribution in [3.05, 3.63) is 0 Å². The summed E-state index contributed by atoms with van der Waals surface area (Å²) in [7, 11) is 0. The molecule has 0 aromatic carbocycles. The molecule has 0 aromatic rings. The molecule has 0 aliphatic carbocycles. The number of morpholine rings is 1. The summed E-state index contributed by atoms with van der Waals surface area (Å²) in [4.78, 5) is 11.0. The van der Waals surface area contributed by atoms with Gasteiger partial charge in [0.05, 0.1) is 13.2 Å². The molecule has 2 rings (SSSR count). The summed E-state index contributed by atoms with van der Waals surface area (Å²) in [5.74, 6) is 0. The Hall–Kier alpha value is -1.02. The van der Waals surface area contributed by atoms with Crippen molar-refractivity contribution in [2.24, 2.45) is 0 Å². The molecule has 1 amide bonds. The third kappa shape index (κ3) is 2.63. The molecule has 2 bridgehead atoms. The highest BCUT2D eigenvalue weighted by Gasteiger charge is 2.51. The molecule has 98 valence electrons. The maximum Gasteiger partial charge on any atom is 0.460 e. The van der Waals surface area contributed by atoms with Gasteiger partial charge >= 0.3 is 12.4 Å². The molecule has 5 nitrogen and oxygen atoms in total. The Bertz CT molecular complexity index is 296. The number of ether oxygens (including phenoxy) is 1. The number of carboxylic acid groups (broad SMARTS) is 1. The second-order valence-corrected chi connectivity index (χ2v) is 4.34. The maximum atomic E-state index is 12.8.